The van der Waals surface area contributed by atoms with Gasteiger partial charge in [-0.15, -0.1) is 0 Å². The average molecular weight is 382 g/mol. The maximum atomic E-state index is 6.23. The first kappa shape index (κ1) is 18.4. The minimum Gasteiger partial charge on any atom is -0.340 e. The maximum absolute atomic E-state index is 6.23. The zero-order chi connectivity index (χ0) is 18.4. The predicted octanol–water partition coefficient (Wildman–Crippen LogP) is 5.44. The Labute approximate surface area is 164 Å². The smallest absolute Gasteiger partial charge is 0.174 e. The van der Waals surface area contributed by atoms with E-state index in [1.54, 1.807) is 6.20 Å². The molecule has 132 valence electrons. The van der Waals surface area contributed by atoms with Crippen molar-refractivity contribution in [3.05, 3.63) is 94.8 Å². The van der Waals surface area contributed by atoms with Crippen LogP contribution in [0, 0.1) is 6.92 Å². The van der Waals surface area contributed by atoms with Crippen LogP contribution in [0.4, 0.5) is 5.69 Å². The molecule has 1 N–H and O–H groups in total. The summed E-state index contributed by atoms with van der Waals surface area (Å²) in [5, 5.41) is 4.68. The summed E-state index contributed by atoms with van der Waals surface area (Å²) in [6.07, 6.45) is 3.64. The number of aryl methyl sites for hydroxylation is 1. The van der Waals surface area contributed by atoms with Crippen molar-refractivity contribution >= 4 is 34.6 Å². The van der Waals surface area contributed by atoms with E-state index in [0.29, 0.717) is 18.2 Å². The molecule has 0 unspecified atom stereocenters. The summed E-state index contributed by atoms with van der Waals surface area (Å²) in [5.41, 5.74) is 4.23. The lowest BCUT2D eigenvalue weighted by Crippen LogP contribution is -2.33. The summed E-state index contributed by atoms with van der Waals surface area (Å²) >= 11 is 11.9. The van der Waals surface area contributed by atoms with Crippen molar-refractivity contribution in [1.82, 2.24) is 9.88 Å². The van der Waals surface area contributed by atoms with E-state index in [-0.39, 0.29) is 0 Å². The Morgan fingerprint density at radius 1 is 1.04 bits per heavy atom. The molecular weight excluding hydrogens is 362 g/mol. The van der Waals surface area contributed by atoms with Crippen molar-refractivity contribution in [2.24, 2.45) is 0 Å². The van der Waals surface area contributed by atoms with Gasteiger partial charge in [-0.1, -0.05) is 54.1 Å². The third kappa shape index (κ3) is 5.04. The molecule has 26 heavy (non-hydrogen) atoms. The second-order valence-electron chi connectivity index (χ2n) is 6.10. The molecule has 0 atom stereocenters. The molecule has 0 aliphatic carbocycles. The Morgan fingerprint density at radius 3 is 2.46 bits per heavy atom. The van der Waals surface area contributed by atoms with Gasteiger partial charge in [0.2, 0.25) is 0 Å². The lowest BCUT2D eigenvalue weighted by Gasteiger charge is -2.26. The summed E-state index contributed by atoms with van der Waals surface area (Å²) in [6.45, 7) is 3.36. The molecule has 0 saturated carbocycles. The summed E-state index contributed by atoms with van der Waals surface area (Å²) in [4.78, 5) is 6.32. The first-order valence-electron chi connectivity index (χ1n) is 8.37. The number of aromatic nitrogens is 1. The number of nitrogens with zero attached hydrogens (tertiary/aromatic N) is 2. The third-order valence-corrected chi connectivity index (χ3v) is 4.79. The van der Waals surface area contributed by atoms with Crippen molar-refractivity contribution in [3.8, 4) is 0 Å². The van der Waals surface area contributed by atoms with Crippen LogP contribution >= 0.6 is 23.8 Å². The van der Waals surface area contributed by atoms with Crippen molar-refractivity contribution in [1.29, 1.82) is 0 Å². The molecule has 3 aromatic rings. The summed E-state index contributed by atoms with van der Waals surface area (Å²) in [6, 6.07) is 20.1. The fourth-order valence-corrected chi connectivity index (χ4v) is 3.02. The minimum absolute atomic E-state index is 0.651. The van der Waals surface area contributed by atoms with Crippen molar-refractivity contribution < 1.29 is 0 Å². The highest BCUT2D eigenvalue weighted by atomic mass is 35.5. The van der Waals surface area contributed by atoms with Gasteiger partial charge < -0.3 is 10.2 Å². The van der Waals surface area contributed by atoms with E-state index in [9.17, 15) is 0 Å². The molecule has 1 aromatic heterocycles. The molecule has 0 fully saturated rings. The van der Waals surface area contributed by atoms with E-state index in [0.717, 1.165) is 21.8 Å². The number of pyridine rings is 1. The molecule has 0 amide bonds. The molecule has 0 radical (unpaired) electrons. The molecule has 0 aliphatic heterocycles. The van der Waals surface area contributed by atoms with E-state index in [1.165, 1.54) is 5.56 Å². The normalized spacial score (nSPS) is 10.4. The van der Waals surface area contributed by atoms with Gasteiger partial charge in [0, 0.05) is 36.2 Å². The summed E-state index contributed by atoms with van der Waals surface area (Å²) in [7, 11) is 0. The van der Waals surface area contributed by atoms with Crippen LogP contribution < -0.4 is 5.32 Å². The minimum atomic E-state index is 0.651. The topological polar surface area (TPSA) is 28.2 Å². The van der Waals surface area contributed by atoms with Crippen LogP contribution in [-0.4, -0.2) is 15.0 Å². The standard InChI is InChI=1S/C21H20ClN3S/c1-16-9-10-19(12-20(16)22)24-21(26)25(14-17-6-3-2-4-7-17)15-18-8-5-11-23-13-18/h2-13H,14-15H2,1H3,(H,24,26). The predicted molar refractivity (Wildman–Crippen MR) is 112 cm³/mol. The molecule has 0 aliphatic rings. The lowest BCUT2D eigenvalue weighted by atomic mass is 10.2. The number of benzene rings is 2. The van der Waals surface area contributed by atoms with Gasteiger partial charge in [0.25, 0.3) is 0 Å². The molecule has 0 saturated heterocycles. The van der Waals surface area contributed by atoms with Crippen LogP contribution in [0.5, 0.6) is 0 Å². The zero-order valence-electron chi connectivity index (χ0n) is 14.5. The first-order chi connectivity index (χ1) is 12.6. The maximum Gasteiger partial charge on any atom is 0.174 e. The highest BCUT2D eigenvalue weighted by Gasteiger charge is 2.12. The number of nitrogens with one attached hydrogen (secondary N) is 1. The van der Waals surface area contributed by atoms with E-state index < -0.39 is 0 Å². The second kappa shape index (κ2) is 8.79. The number of rotatable bonds is 5. The van der Waals surface area contributed by atoms with Gasteiger partial charge in [-0.2, -0.15) is 0 Å². The van der Waals surface area contributed by atoms with Crippen molar-refractivity contribution in [2.75, 3.05) is 5.32 Å². The number of hydrogen-bond donors (Lipinski definition) is 1. The molecular formula is C21H20ClN3S. The Morgan fingerprint density at radius 2 is 1.77 bits per heavy atom. The van der Waals surface area contributed by atoms with Gasteiger partial charge in [-0.05, 0) is 54.0 Å². The van der Waals surface area contributed by atoms with E-state index in [1.807, 2.05) is 55.6 Å². The van der Waals surface area contributed by atoms with E-state index >= 15 is 0 Å². The molecule has 2 aromatic carbocycles. The molecule has 0 spiro atoms. The fourth-order valence-electron chi connectivity index (χ4n) is 2.59. The molecule has 5 heteroatoms. The van der Waals surface area contributed by atoms with Crippen LogP contribution in [-0.2, 0) is 13.1 Å². The highest BCUT2D eigenvalue weighted by molar-refractivity contribution is 7.80. The molecule has 3 nitrogen and oxygen atoms in total. The van der Waals surface area contributed by atoms with Gasteiger partial charge in [-0.3, -0.25) is 4.98 Å². The third-order valence-electron chi connectivity index (χ3n) is 4.02. The molecule has 3 rings (SSSR count). The van der Waals surface area contributed by atoms with Crippen molar-refractivity contribution in [2.45, 2.75) is 20.0 Å². The van der Waals surface area contributed by atoms with Gasteiger partial charge >= 0.3 is 0 Å². The van der Waals surface area contributed by atoms with Crippen LogP contribution in [0.1, 0.15) is 16.7 Å². The van der Waals surface area contributed by atoms with E-state index in [2.05, 4.69) is 33.4 Å². The van der Waals surface area contributed by atoms with Crippen LogP contribution in [0.3, 0.4) is 0 Å². The number of hydrogen-bond acceptors (Lipinski definition) is 2. The van der Waals surface area contributed by atoms with Crippen LogP contribution in [0.25, 0.3) is 0 Å². The first-order valence-corrected chi connectivity index (χ1v) is 9.15. The van der Waals surface area contributed by atoms with E-state index in [4.69, 9.17) is 23.8 Å². The largest absolute Gasteiger partial charge is 0.340 e. The van der Waals surface area contributed by atoms with Gasteiger partial charge in [0.05, 0.1) is 0 Å². The quantitative estimate of drug-likeness (QED) is 0.595. The SMILES string of the molecule is Cc1ccc(NC(=S)N(Cc2ccccc2)Cc2cccnc2)cc1Cl. The molecule has 1 heterocycles. The Bertz CT molecular complexity index is 827. The van der Waals surface area contributed by atoms with Crippen LogP contribution in [0.15, 0.2) is 73.1 Å². The van der Waals surface area contributed by atoms with Gasteiger partial charge in [0.15, 0.2) is 5.11 Å². The van der Waals surface area contributed by atoms with Crippen LogP contribution in [0.2, 0.25) is 5.02 Å². The molecule has 0 bridgehead atoms. The Balaban J connectivity index is 1.78. The van der Waals surface area contributed by atoms with Crippen molar-refractivity contribution in [3.63, 3.8) is 0 Å². The lowest BCUT2D eigenvalue weighted by molar-refractivity contribution is 0.412. The number of thiocarbonyl (C=S) groups is 1. The Kier molecular flexibility index (Phi) is 6.21. The Hall–Kier alpha value is -2.43. The highest BCUT2D eigenvalue weighted by Crippen LogP contribution is 2.21. The number of halogens is 1. The summed E-state index contributed by atoms with van der Waals surface area (Å²) in [5.74, 6) is 0. The zero-order valence-corrected chi connectivity index (χ0v) is 16.1. The van der Waals surface area contributed by atoms with Gasteiger partial charge in [-0.25, -0.2) is 0 Å². The summed E-state index contributed by atoms with van der Waals surface area (Å²) < 4.78 is 0. The number of anilines is 1. The second-order valence-corrected chi connectivity index (χ2v) is 6.89. The monoisotopic (exact) mass is 381 g/mol. The average Bonchev–Trinajstić information content (AvgIpc) is 2.66. The fraction of sp³-hybridized carbons (Fsp3) is 0.143. The van der Waals surface area contributed by atoms with Gasteiger partial charge in [0.1, 0.15) is 0 Å².